The third kappa shape index (κ3) is 4.50. The maximum absolute atomic E-state index is 12.7. The van der Waals surface area contributed by atoms with E-state index in [9.17, 15) is 4.79 Å². The van der Waals surface area contributed by atoms with E-state index in [-0.39, 0.29) is 18.0 Å². The van der Waals surface area contributed by atoms with Crippen molar-refractivity contribution in [2.45, 2.75) is 19.0 Å². The fraction of sp³-hybridized carbons (Fsp3) is 0.190. The van der Waals surface area contributed by atoms with Crippen LogP contribution in [-0.2, 0) is 4.79 Å². The van der Waals surface area contributed by atoms with Gasteiger partial charge in [0.05, 0.1) is 12.0 Å². The highest BCUT2D eigenvalue weighted by atomic mass is 32.1. The number of quaternary nitrogens is 1. The Bertz CT molecular complexity index is 834. The van der Waals surface area contributed by atoms with Crippen LogP contribution in [0.1, 0.15) is 23.4 Å². The molecule has 0 fully saturated rings. The Hall–Kier alpha value is -2.63. The highest BCUT2D eigenvalue weighted by molar-refractivity contribution is 7.10. The first-order valence-electron chi connectivity index (χ1n) is 8.55. The van der Waals surface area contributed by atoms with E-state index in [1.165, 1.54) is 10.4 Å². The molecule has 1 aromatic heterocycles. The molecule has 0 radical (unpaired) electrons. The van der Waals surface area contributed by atoms with Crippen molar-refractivity contribution < 1.29 is 14.8 Å². The van der Waals surface area contributed by atoms with E-state index < -0.39 is 0 Å². The summed E-state index contributed by atoms with van der Waals surface area (Å²) in [5.74, 6) is 0.691. The molecule has 0 aliphatic rings. The second-order valence-electron chi connectivity index (χ2n) is 6.11. The molecule has 3 N–H and O–H groups in total. The van der Waals surface area contributed by atoms with E-state index in [1.807, 2.05) is 55.5 Å². The van der Waals surface area contributed by atoms with Crippen molar-refractivity contribution >= 4 is 22.9 Å². The van der Waals surface area contributed by atoms with E-state index in [4.69, 9.17) is 4.74 Å². The van der Waals surface area contributed by atoms with E-state index in [2.05, 4.69) is 34.2 Å². The van der Waals surface area contributed by atoms with Crippen LogP contribution < -0.4 is 15.4 Å². The number of carbonyl (C=O) groups excluding carboxylic acids is 1. The predicted octanol–water partition coefficient (Wildman–Crippen LogP) is 3.44. The Kier molecular flexibility index (Phi) is 6.04. The monoisotopic (exact) mass is 367 g/mol. The van der Waals surface area contributed by atoms with Crippen LogP contribution in [0, 0.1) is 0 Å². The lowest BCUT2D eigenvalue weighted by atomic mass is 10.0. The normalized spacial score (nSPS) is 13.0. The molecular weight excluding hydrogens is 344 g/mol. The van der Waals surface area contributed by atoms with Gasteiger partial charge in [-0.15, -0.1) is 11.3 Å². The van der Waals surface area contributed by atoms with Gasteiger partial charge in [0.1, 0.15) is 11.8 Å². The van der Waals surface area contributed by atoms with Gasteiger partial charge in [-0.3, -0.25) is 4.79 Å². The number of ether oxygens (including phenoxy) is 1. The fourth-order valence-corrected chi connectivity index (χ4v) is 3.66. The van der Waals surface area contributed by atoms with Crippen molar-refractivity contribution in [3.05, 3.63) is 82.6 Å². The third-order valence-corrected chi connectivity index (χ3v) is 5.20. The molecule has 26 heavy (non-hydrogen) atoms. The molecule has 0 unspecified atom stereocenters. The van der Waals surface area contributed by atoms with Gasteiger partial charge < -0.3 is 15.4 Å². The van der Waals surface area contributed by atoms with Gasteiger partial charge in [-0.25, -0.2) is 0 Å². The zero-order valence-corrected chi connectivity index (χ0v) is 15.7. The van der Waals surface area contributed by atoms with Crippen LogP contribution in [0.5, 0.6) is 5.75 Å². The number of amides is 1. The summed E-state index contributed by atoms with van der Waals surface area (Å²) >= 11 is 1.71. The third-order valence-electron chi connectivity index (χ3n) is 4.24. The summed E-state index contributed by atoms with van der Waals surface area (Å²) in [7, 11) is 1.61. The molecule has 5 heteroatoms. The summed E-state index contributed by atoms with van der Waals surface area (Å²) in [5.41, 5.74) is 1.93. The summed E-state index contributed by atoms with van der Waals surface area (Å²) in [4.78, 5) is 13.9. The van der Waals surface area contributed by atoms with Crippen LogP contribution in [0.25, 0.3) is 0 Å². The standard InChI is InChI=1S/C21H22N2O2S/c1-15(21(24)23-17-10-6-11-18(14-17)25-2)22-20(19-12-7-13-26-19)16-8-4-3-5-9-16/h3-15,20,22H,1-2H3,(H,23,24)/p+1/t15-,20+/m1/s1. The lowest BCUT2D eigenvalue weighted by molar-refractivity contribution is -0.703. The van der Waals surface area contributed by atoms with Crippen LogP contribution in [0.4, 0.5) is 5.69 Å². The van der Waals surface area contributed by atoms with Crippen molar-refractivity contribution in [2.24, 2.45) is 0 Å². The molecule has 3 aromatic rings. The molecule has 4 nitrogen and oxygen atoms in total. The summed E-state index contributed by atoms with van der Waals surface area (Å²) in [6.07, 6.45) is 0. The Balaban J connectivity index is 1.73. The average molecular weight is 367 g/mol. The van der Waals surface area contributed by atoms with Gasteiger partial charge in [0.2, 0.25) is 0 Å². The Morgan fingerprint density at radius 1 is 1.08 bits per heavy atom. The number of rotatable bonds is 7. The highest BCUT2D eigenvalue weighted by Gasteiger charge is 2.25. The molecule has 134 valence electrons. The van der Waals surface area contributed by atoms with Crippen molar-refractivity contribution in [3.8, 4) is 5.75 Å². The molecule has 1 heterocycles. The molecule has 0 saturated carbocycles. The Morgan fingerprint density at radius 3 is 2.58 bits per heavy atom. The number of anilines is 1. The van der Waals surface area contributed by atoms with E-state index >= 15 is 0 Å². The van der Waals surface area contributed by atoms with Gasteiger partial charge in [-0.2, -0.15) is 0 Å². The number of nitrogens with two attached hydrogens (primary N) is 1. The molecule has 2 atom stereocenters. The molecule has 2 aromatic carbocycles. The van der Waals surface area contributed by atoms with Crippen LogP contribution in [0.15, 0.2) is 72.1 Å². The number of thiophene rings is 1. The minimum Gasteiger partial charge on any atom is -0.497 e. The summed E-state index contributed by atoms with van der Waals surface area (Å²) in [6, 6.07) is 21.7. The molecule has 0 bridgehead atoms. The zero-order chi connectivity index (χ0) is 18.4. The predicted molar refractivity (Wildman–Crippen MR) is 106 cm³/mol. The van der Waals surface area contributed by atoms with Crippen molar-refractivity contribution in [1.82, 2.24) is 0 Å². The maximum atomic E-state index is 12.7. The van der Waals surface area contributed by atoms with Gasteiger partial charge >= 0.3 is 0 Å². The Labute approximate surface area is 157 Å². The van der Waals surface area contributed by atoms with Crippen LogP contribution in [0.2, 0.25) is 0 Å². The van der Waals surface area contributed by atoms with Crippen molar-refractivity contribution in [3.63, 3.8) is 0 Å². The highest BCUT2D eigenvalue weighted by Crippen LogP contribution is 2.23. The number of carbonyl (C=O) groups is 1. The quantitative estimate of drug-likeness (QED) is 0.672. The number of hydrogen-bond donors (Lipinski definition) is 2. The lowest BCUT2D eigenvalue weighted by Gasteiger charge is -2.19. The molecular formula is C21H23N2O2S+. The van der Waals surface area contributed by atoms with Crippen LogP contribution >= 0.6 is 11.3 Å². The lowest BCUT2D eigenvalue weighted by Crippen LogP contribution is -2.92. The SMILES string of the molecule is COc1cccc(NC(=O)[C@@H](C)[NH2+][C@@H](c2ccccc2)c2cccs2)c1. The van der Waals surface area contributed by atoms with Gasteiger partial charge in [0.25, 0.3) is 5.91 Å². The number of benzene rings is 2. The summed E-state index contributed by atoms with van der Waals surface area (Å²) in [5, 5.41) is 7.15. The Morgan fingerprint density at radius 2 is 1.88 bits per heavy atom. The van der Waals surface area contributed by atoms with Crippen LogP contribution in [0.3, 0.4) is 0 Å². The smallest absolute Gasteiger partial charge is 0.282 e. The minimum atomic E-state index is -0.242. The van der Waals surface area contributed by atoms with Crippen LogP contribution in [-0.4, -0.2) is 19.1 Å². The van der Waals surface area contributed by atoms with E-state index in [0.717, 1.165) is 11.4 Å². The van der Waals surface area contributed by atoms with E-state index in [1.54, 1.807) is 18.4 Å². The molecule has 0 saturated heterocycles. The molecule has 0 aliphatic carbocycles. The number of methoxy groups -OCH3 is 1. The van der Waals surface area contributed by atoms with E-state index in [0.29, 0.717) is 0 Å². The first-order valence-corrected chi connectivity index (χ1v) is 9.43. The van der Waals surface area contributed by atoms with Gasteiger partial charge in [0, 0.05) is 17.3 Å². The number of hydrogen-bond acceptors (Lipinski definition) is 3. The first kappa shape index (κ1) is 18.2. The summed E-state index contributed by atoms with van der Waals surface area (Å²) < 4.78 is 5.21. The average Bonchev–Trinajstić information content (AvgIpc) is 3.21. The summed E-state index contributed by atoms with van der Waals surface area (Å²) in [6.45, 7) is 1.93. The second-order valence-corrected chi connectivity index (χ2v) is 7.09. The first-order chi connectivity index (χ1) is 12.7. The van der Waals surface area contributed by atoms with Gasteiger partial charge in [-0.05, 0) is 30.5 Å². The van der Waals surface area contributed by atoms with Gasteiger partial charge in [-0.1, -0.05) is 42.5 Å². The largest absolute Gasteiger partial charge is 0.497 e. The molecule has 3 rings (SSSR count). The molecule has 1 amide bonds. The second kappa shape index (κ2) is 8.65. The number of nitrogens with one attached hydrogen (secondary N) is 1. The van der Waals surface area contributed by atoms with Crippen molar-refractivity contribution in [1.29, 1.82) is 0 Å². The topological polar surface area (TPSA) is 54.9 Å². The molecule has 0 aliphatic heterocycles. The zero-order valence-electron chi connectivity index (χ0n) is 14.9. The fourth-order valence-electron chi connectivity index (χ4n) is 2.83. The molecule has 0 spiro atoms. The minimum absolute atomic E-state index is 0.0317. The maximum Gasteiger partial charge on any atom is 0.282 e. The van der Waals surface area contributed by atoms with Crippen molar-refractivity contribution in [2.75, 3.05) is 12.4 Å². The van der Waals surface area contributed by atoms with Gasteiger partial charge in [0.15, 0.2) is 6.04 Å².